The highest BCUT2D eigenvalue weighted by atomic mass is 16.3. The fourth-order valence-electron chi connectivity index (χ4n) is 1.33. The molecule has 0 aliphatic heterocycles. The monoisotopic (exact) mass is 228 g/mol. The van der Waals surface area contributed by atoms with Crippen LogP contribution in [-0.4, -0.2) is 29.8 Å². The quantitative estimate of drug-likeness (QED) is 0.459. The van der Waals surface area contributed by atoms with Crippen molar-refractivity contribution in [2.24, 2.45) is 0 Å². The SMILES string of the molecule is C/C=C/CCNC(=O)NC(C)(CC)CCO. The van der Waals surface area contributed by atoms with Crippen molar-refractivity contribution in [2.45, 2.75) is 45.6 Å². The standard InChI is InChI=1S/C12H24N2O2/c1-4-6-7-9-13-11(16)14-12(3,5-2)8-10-15/h4,6,15H,5,7-10H2,1-3H3,(H2,13,14,16)/b6-4+. The van der Waals surface area contributed by atoms with Gasteiger partial charge in [-0.3, -0.25) is 0 Å². The summed E-state index contributed by atoms with van der Waals surface area (Å²) < 4.78 is 0. The van der Waals surface area contributed by atoms with Crippen LogP contribution in [0.2, 0.25) is 0 Å². The van der Waals surface area contributed by atoms with Gasteiger partial charge in [-0.05, 0) is 33.1 Å². The number of aliphatic hydroxyl groups excluding tert-OH is 1. The minimum atomic E-state index is -0.320. The van der Waals surface area contributed by atoms with E-state index in [0.717, 1.165) is 12.8 Å². The predicted molar refractivity (Wildman–Crippen MR) is 66.4 cm³/mol. The molecule has 1 atom stereocenters. The average Bonchev–Trinajstić information content (AvgIpc) is 2.25. The Kier molecular flexibility index (Phi) is 7.64. The van der Waals surface area contributed by atoms with E-state index in [-0.39, 0.29) is 18.2 Å². The molecule has 0 saturated carbocycles. The number of hydrogen-bond donors (Lipinski definition) is 3. The summed E-state index contributed by atoms with van der Waals surface area (Å²) in [6, 6.07) is -0.165. The van der Waals surface area contributed by atoms with Gasteiger partial charge < -0.3 is 15.7 Å². The lowest BCUT2D eigenvalue weighted by Crippen LogP contribution is -2.50. The molecule has 0 radical (unpaired) electrons. The third kappa shape index (κ3) is 6.45. The lowest BCUT2D eigenvalue weighted by molar-refractivity contribution is 0.201. The molecule has 0 saturated heterocycles. The maximum atomic E-state index is 11.5. The summed E-state index contributed by atoms with van der Waals surface area (Å²) in [7, 11) is 0. The zero-order valence-electron chi connectivity index (χ0n) is 10.5. The van der Waals surface area contributed by atoms with Crippen LogP contribution in [0.25, 0.3) is 0 Å². The molecule has 94 valence electrons. The Morgan fingerprint density at radius 1 is 1.50 bits per heavy atom. The first-order valence-corrected chi connectivity index (χ1v) is 5.86. The van der Waals surface area contributed by atoms with Gasteiger partial charge in [0.25, 0.3) is 0 Å². The molecule has 16 heavy (non-hydrogen) atoms. The highest BCUT2D eigenvalue weighted by Gasteiger charge is 2.23. The number of rotatable bonds is 7. The van der Waals surface area contributed by atoms with Crippen molar-refractivity contribution in [3.8, 4) is 0 Å². The van der Waals surface area contributed by atoms with E-state index in [1.165, 1.54) is 0 Å². The Morgan fingerprint density at radius 3 is 2.69 bits per heavy atom. The lowest BCUT2D eigenvalue weighted by Gasteiger charge is -2.28. The molecule has 0 aromatic carbocycles. The van der Waals surface area contributed by atoms with Gasteiger partial charge in [0.1, 0.15) is 0 Å². The maximum Gasteiger partial charge on any atom is 0.315 e. The third-order valence-electron chi connectivity index (χ3n) is 2.69. The molecule has 4 heteroatoms. The molecule has 0 aliphatic carbocycles. The molecule has 0 spiro atoms. The summed E-state index contributed by atoms with van der Waals surface area (Å²) in [6.45, 7) is 6.61. The van der Waals surface area contributed by atoms with Gasteiger partial charge in [-0.25, -0.2) is 4.79 Å². The molecule has 0 aliphatic rings. The summed E-state index contributed by atoms with van der Waals surface area (Å²) in [6.07, 6.45) is 6.18. The van der Waals surface area contributed by atoms with E-state index >= 15 is 0 Å². The Labute approximate surface area is 98.1 Å². The van der Waals surface area contributed by atoms with Crippen molar-refractivity contribution in [1.29, 1.82) is 0 Å². The molecule has 4 nitrogen and oxygen atoms in total. The van der Waals surface area contributed by atoms with E-state index in [1.807, 2.05) is 32.9 Å². The molecule has 0 fully saturated rings. The summed E-state index contributed by atoms with van der Waals surface area (Å²) in [4.78, 5) is 11.5. The van der Waals surface area contributed by atoms with Gasteiger partial charge in [-0.15, -0.1) is 0 Å². The van der Waals surface area contributed by atoms with E-state index in [4.69, 9.17) is 5.11 Å². The number of urea groups is 1. The first-order valence-electron chi connectivity index (χ1n) is 5.86. The van der Waals surface area contributed by atoms with Crippen LogP contribution in [0.1, 0.15) is 40.0 Å². The molecule has 0 aromatic rings. The zero-order valence-corrected chi connectivity index (χ0v) is 10.5. The van der Waals surface area contributed by atoms with Gasteiger partial charge >= 0.3 is 6.03 Å². The number of nitrogens with one attached hydrogen (secondary N) is 2. The van der Waals surface area contributed by atoms with Crippen LogP contribution in [0.4, 0.5) is 4.79 Å². The minimum absolute atomic E-state index is 0.0865. The highest BCUT2D eigenvalue weighted by Crippen LogP contribution is 2.13. The summed E-state index contributed by atoms with van der Waals surface area (Å²) >= 11 is 0. The van der Waals surface area contributed by atoms with Crippen LogP contribution in [-0.2, 0) is 0 Å². The third-order valence-corrected chi connectivity index (χ3v) is 2.69. The Morgan fingerprint density at radius 2 is 2.19 bits per heavy atom. The van der Waals surface area contributed by atoms with Gasteiger partial charge in [-0.2, -0.15) is 0 Å². The predicted octanol–water partition coefficient (Wildman–Crippen LogP) is 1.80. The molecular weight excluding hydrogens is 204 g/mol. The van der Waals surface area contributed by atoms with Crippen molar-refractivity contribution in [2.75, 3.05) is 13.2 Å². The first-order chi connectivity index (χ1) is 7.58. The van der Waals surface area contributed by atoms with Gasteiger partial charge in [-0.1, -0.05) is 19.1 Å². The Bertz CT molecular complexity index is 229. The van der Waals surface area contributed by atoms with Gasteiger partial charge in [0.15, 0.2) is 0 Å². The largest absolute Gasteiger partial charge is 0.396 e. The number of carbonyl (C=O) groups excluding carboxylic acids is 1. The first kappa shape index (κ1) is 15.0. The Balaban J connectivity index is 3.91. The lowest BCUT2D eigenvalue weighted by atomic mass is 9.95. The summed E-state index contributed by atoms with van der Waals surface area (Å²) in [5, 5.41) is 14.6. The smallest absolute Gasteiger partial charge is 0.315 e. The van der Waals surface area contributed by atoms with Crippen LogP contribution in [0.3, 0.4) is 0 Å². The molecule has 2 amide bonds. The molecule has 0 rings (SSSR count). The number of carbonyl (C=O) groups is 1. The molecule has 3 N–H and O–H groups in total. The van der Waals surface area contributed by atoms with Crippen molar-refractivity contribution < 1.29 is 9.90 Å². The molecule has 0 bridgehead atoms. The van der Waals surface area contributed by atoms with Crippen LogP contribution >= 0.6 is 0 Å². The van der Waals surface area contributed by atoms with Crippen molar-refractivity contribution in [3.05, 3.63) is 12.2 Å². The number of allylic oxidation sites excluding steroid dienone is 1. The number of aliphatic hydroxyl groups is 1. The van der Waals surface area contributed by atoms with E-state index < -0.39 is 0 Å². The van der Waals surface area contributed by atoms with Crippen LogP contribution in [0.5, 0.6) is 0 Å². The fraction of sp³-hybridized carbons (Fsp3) is 0.750. The normalized spacial score (nSPS) is 14.8. The summed E-state index contributed by atoms with van der Waals surface area (Å²) in [5.74, 6) is 0. The minimum Gasteiger partial charge on any atom is -0.396 e. The van der Waals surface area contributed by atoms with Crippen LogP contribution in [0, 0.1) is 0 Å². The molecule has 1 unspecified atom stereocenters. The van der Waals surface area contributed by atoms with E-state index in [0.29, 0.717) is 13.0 Å². The number of hydrogen-bond acceptors (Lipinski definition) is 2. The molecular formula is C12H24N2O2. The average molecular weight is 228 g/mol. The van der Waals surface area contributed by atoms with Gasteiger partial charge in [0, 0.05) is 18.7 Å². The van der Waals surface area contributed by atoms with E-state index in [1.54, 1.807) is 0 Å². The van der Waals surface area contributed by atoms with Crippen molar-refractivity contribution >= 4 is 6.03 Å². The second-order valence-electron chi connectivity index (χ2n) is 4.13. The van der Waals surface area contributed by atoms with Gasteiger partial charge in [0.05, 0.1) is 0 Å². The van der Waals surface area contributed by atoms with E-state index in [2.05, 4.69) is 10.6 Å². The highest BCUT2D eigenvalue weighted by molar-refractivity contribution is 5.74. The van der Waals surface area contributed by atoms with Crippen LogP contribution < -0.4 is 10.6 Å². The second kappa shape index (κ2) is 8.16. The second-order valence-corrected chi connectivity index (χ2v) is 4.13. The Hall–Kier alpha value is -1.03. The van der Waals surface area contributed by atoms with Crippen molar-refractivity contribution in [1.82, 2.24) is 10.6 Å². The molecule has 0 heterocycles. The maximum absolute atomic E-state index is 11.5. The van der Waals surface area contributed by atoms with Crippen LogP contribution in [0.15, 0.2) is 12.2 Å². The van der Waals surface area contributed by atoms with E-state index in [9.17, 15) is 4.79 Å². The topological polar surface area (TPSA) is 61.4 Å². The summed E-state index contributed by atoms with van der Waals surface area (Å²) in [5.41, 5.74) is -0.320. The fourth-order valence-corrected chi connectivity index (χ4v) is 1.33. The van der Waals surface area contributed by atoms with Crippen molar-refractivity contribution in [3.63, 3.8) is 0 Å². The van der Waals surface area contributed by atoms with Gasteiger partial charge in [0.2, 0.25) is 0 Å². The number of amides is 2. The molecule has 0 aromatic heterocycles. The zero-order chi connectivity index (χ0) is 12.4.